The number of nitrogens with one attached hydrogen (secondary N) is 1. The van der Waals surface area contributed by atoms with Crippen LogP contribution in [0, 0.1) is 12.7 Å². The molecule has 164 valence electrons. The van der Waals surface area contributed by atoms with Crippen LogP contribution in [0.5, 0.6) is 5.75 Å². The number of aromatic amines is 1. The molecule has 1 aliphatic heterocycles. The molecule has 3 N–H and O–H groups in total. The third-order valence-corrected chi connectivity index (χ3v) is 4.98. The van der Waals surface area contributed by atoms with Crippen molar-refractivity contribution in [3.8, 4) is 5.75 Å². The summed E-state index contributed by atoms with van der Waals surface area (Å²) < 4.78 is 26.9. The minimum absolute atomic E-state index is 0.0149. The van der Waals surface area contributed by atoms with Gasteiger partial charge in [0, 0.05) is 17.8 Å². The summed E-state index contributed by atoms with van der Waals surface area (Å²) in [7, 11) is 0. The van der Waals surface area contributed by atoms with Gasteiger partial charge in [0.1, 0.15) is 42.1 Å². The second-order valence-corrected chi connectivity index (χ2v) is 7.14. The Balaban J connectivity index is 1.61. The second-order valence-electron chi connectivity index (χ2n) is 7.14. The predicted octanol–water partition coefficient (Wildman–Crippen LogP) is -0.353. The molecule has 12 heteroatoms. The summed E-state index contributed by atoms with van der Waals surface area (Å²) in [4.78, 5) is 26.2. The number of hydrogen-bond acceptors (Lipinski definition) is 8. The van der Waals surface area contributed by atoms with Gasteiger partial charge < -0.3 is 19.7 Å². The molecule has 1 saturated heterocycles. The fraction of sp³-hybridized carbons (Fsp3) is 0.368. The molecule has 1 aliphatic rings. The Morgan fingerprint density at radius 2 is 2.13 bits per heavy atom. The Bertz CT molecular complexity index is 1190. The number of aryl methyl sites for hydroxylation is 1. The molecule has 3 heterocycles. The van der Waals surface area contributed by atoms with Crippen LogP contribution in [0.15, 0.2) is 46.2 Å². The highest BCUT2D eigenvalue weighted by atomic mass is 19.1. The number of aromatic nitrogens is 5. The van der Waals surface area contributed by atoms with Crippen LogP contribution in [0.1, 0.15) is 23.5 Å². The average Bonchev–Trinajstić information content (AvgIpc) is 3.33. The fourth-order valence-electron chi connectivity index (χ4n) is 3.41. The third-order valence-electron chi connectivity index (χ3n) is 4.98. The molecular weight excluding hydrogens is 413 g/mol. The summed E-state index contributed by atoms with van der Waals surface area (Å²) in [5.41, 5.74) is -0.613. The van der Waals surface area contributed by atoms with Gasteiger partial charge in [-0.15, -0.1) is 5.10 Å². The van der Waals surface area contributed by atoms with Gasteiger partial charge in [-0.05, 0) is 19.1 Å². The van der Waals surface area contributed by atoms with Gasteiger partial charge in [-0.1, -0.05) is 11.3 Å². The summed E-state index contributed by atoms with van der Waals surface area (Å²) in [6.07, 6.45) is -0.449. The Morgan fingerprint density at radius 1 is 1.32 bits per heavy atom. The normalized spacial score (nSPS) is 23.2. The molecule has 0 radical (unpaired) electrons. The van der Waals surface area contributed by atoms with E-state index in [0.717, 1.165) is 4.57 Å². The standard InChI is InChI=1S/C19H20FN5O6/c1-10-6-24(19(29)21-17(10)28)18-15(16(27)14(8-26)31-18)25-7-12(22-23-25)9-30-13-4-2-3-11(20)5-13/h2-7,14-16,18,26-27H,8-9H2,1H3,(H,21,28,29)/t14-,15-,16-,18-/m1/s1. The summed E-state index contributed by atoms with van der Waals surface area (Å²) in [5, 5.41) is 28.2. The van der Waals surface area contributed by atoms with Crippen molar-refractivity contribution in [1.29, 1.82) is 0 Å². The topological polar surface area (TPSA) is 144 Å². The van der Waals surface area contributed by atoms with E-state index >= 15 is 0 Å². The highest BCUT2D eigenvalue weighted by Gasteiger charge is 2.46. The molecule has 11 nitrogen and oxygen atoms in total. The SMILES string of the molecule is Cc1cn([C@@H]2O[C@H](CO)[C@@H](O)[C@H]2n2cc(COc3cccc(F)c3)nn2)c(=O)[nH]c1=O. The van der Waals surface area contributed by atoms with Crippen LogP contribution in [0.4, 0.5) is 4.39 Å². The lowest BCUT2D eigenvalue weighted by Crippen LogP contribution is -2.37. The van der Waals surface area contributed by atoms with Crippen molar-refractivity contribution < 1.29 is 24.1 Å². The van der Waals surface area contributed by atoms with Crippen LogP contribution in [-0.2, 0) is 11.3 Å². The van der Waals surface area contributed by atoms with E-state index in [0.29, 0.717) is 11.4 Å². The van der Waals surface area contributed by atoms with Gasteiger partial charge in [0.15, 0.2) is 6.23 Å². The zero-order chi connectivity index (χ0) is 22.1. The molecule has 0 bridgehead atoms. The zero-order valence-electron chi connectivity index (χ0n) is 16.4. The first kappa shape index (κ1) is 20.9. The Labute approximate surface area is 174 Å². The molecule has 0 spiro atoms. The average molecular weight is 433 g/mol. The first-order valence-electron chi connectivity index (χ1n) is 9.43. The quantitative estimate of drug-likeness (QED) is 0.478. The Morgan fingerprint density at radius 3 is 2.87 bits per heavy atom. The minimum Gasteiger partial charge on any atom is -0.487 e. The van der Waals surface area contributed by atoms with Crippen LogP contribution in [-0.4, -0.2) is 53.6 Å². The van der Waals surface area contributed by atoms with E-state index in [1.165, 1.54) is 42.2 Å². The zero-order valence-corrected chi connectivity index (χ0v) is 16.4. The second kappa shape index (κ2) is 8.41. The van der Waals surface area contributed by atoms with Crippen molar-refractivity contribution in [2.24, 2.45) is 0 Å². The van der Waals surface area contributed by atoms with Gasteiger partial charge in [0.25, 0.3) is 5.56 Å². The maximum Gasteiger partial charge on any atom is 0.330 e. The molecule has 1 aromatic carbocycles. The van der Waals surface area contributed by atoms with Gasteiger partial charge in [-0.25, -0.2) is 13.9 Å². The van der Waals surface area contributed by atoms with E-state index in [2.05, 4.69) is 15.3 Å². The van der Waals surface area contributed by atoms with Gasteiger partial charge in [0.05, 0.1) is 12.8 Å². The van der Waals surface area contributed by atoms with Crippen molar-refractivity contribution >= 4 is 0 Å². The first-order valence-corrected chi connectivity index (χ1v) is 9.43. The van der Waals surface area contributed by atoms with Gasteiger partial charge in [-0.2, -0.15) is 0 Å². The van der Waals surface area contributed by atoms with Crippen molar-refractivity contribution in [3.05, 3.63) is 74.6 Å². The van der Waals surface area contributed by atoms with Crippen LogP contribution in [0.2, 0.25) is 0 Å². The largest absolute Gasteiger partial charge is 0.487 e. The number of halogens is 1. The van der Waals surface area contributed by atoms with E-state index < -0.39 is 48.2 Å². The maximum absolute atomic E-state index is 13.3. The number of aliphatic hydroxyl groups is 2. The lowest BCUT2D eigenvalue weighted by atomic mass is 10.1. The minimum atomic E-state index is -1.21. The lowest BCUT2D eigenvalue weighted by molar-refractivity contribution is -0.0480. The van der Waals surface area contributed by atoms with Crippen molar-refractivity contribution in [1.82, 2.24) is 24.5 Å². The van der Waals surface area contributed by atoms with Gasteiger partial charge in [-0.3, -0.25) is 14.3 Å². The summed E-state index contributed by atoms with van der Waals surface area (Å²) in [6.45, 7) is 1.02. The third kappa shape index (κ3) is 4.13. The molecule has 4 rings (SSSR count). The number of hydrogen-bond donors (Lipinski definition) is 3. The summed E-state index contributed by atoms with van der Waals surface area (Å²) >= 11 is 0. The number of H-pyrrole nitrogens is 1. The molecule has 0 unspecified atom stereocenters. The van der Waals surface area contributed by atoms with Crippen LogP contribution in [0.3, 0.4) is 0 Å². The predicted molar refractivity (Wildman–Crippen MR) is 103 cm³/mol. The van der Waals surface area contributed by atoms with Crippen LogP contribution in [0.25, 0.3) is 0 Å². The molecule has 2 aromatic heterocycles. The van der Waals surface area contributed by atoms with Crippen LogP contribution >= 0.6 is 0 Å². The maximum atomic E-state index is 13.3. The number of nitrogens with zero attached hydrogens (tertiary/aromatic N) is 4. The fourth-order valence-corrected chi connectivity index (χ4v) is 3.41. The summed E-state index contributed by atoms with van der Waals surface area (Å²) in [5.74, 6) is -0.126. The smallest absolute Gasteiger partial charge is 0.330 e. The number of ether oxygens (including phenoxy) is 2. The molecule has 3 aromatic rings. The Hall–Kier alpha value is -3.35. The van der Waals surface area contributed by atoms with Gasteiger partial charge >= 0.3 is 5.69 Å². The van der Waals surface area contributed by atoms with Crippen molar-refractivity contribution in [2.45, 2.75) is 38.0 Å². The van der Waals surface area contributed by atoms with Crippen molar-refractivity contribution in [3.63, 3.8) is 0 Å². The summed E-state index contributed by atoms with van der Waals surface area (Å²) in [6, 6.07) is 4.70. The van der Waals surface area contributed by atoms with E-state index in [1.54, 1.807) is 6.07 Å². The number of aliphatic hydroxyl groups excluding tert-OH is 2. The lowest BCUT2D eigenvalue weighted by Gasteiger charge is -2.21. The molecule has 0 amide bonds. The molecule has 1 fully saturated rings. The highest BCUT2D eigenvalue weighted by Crippen LogP contribution is 2.37. The van der Waals surface area contributed by atoms with E-state index in [-0.39, 0.29) is 12.2 Å². The first-order chi connectivity index (χ1) is 14.9. The highest BCUT2D eigenvalue weighted by molar-refractivity contribution is 5.22. The number of benzene rings is 1. The molecule has 0 saturated carbocycles. The molecule has 0 aliphatic carbocycles. The molecule has 4 atom stereocenters. The van der Waals surface area contributed by atoms with Gasteiger partial charge in [0.2, 0.25) is 0 Å². The monoisotopic (exact) mass is 433 g/mol. The molecular formula is C19H20FN5O6. The van der Waals surface area contributed by atoms with E-state index in [9.17, 15) is 24.2 Å². The van der Waals surface area contributed by atoms with E-state index in [4.69, 9.17) is 9.47 Å². The Kier molecular flexibility index (Phi) is 5.67. The van der Waals surface area contributed by atoms with Crippen molar-refractivity contribution in [2.75, 3.05) is 6.61 Å². The van der Waals surface area contributed by atoms with Crippen LogP contribution < -0.4 is 16.0 Å². The molecule has 31 heavy (non-hydrogen) atoms. The number of rotatable bonds is 6. The van der Waals surface area contributed by atoms with E-state index in [1.807, 2.05) is 0 Å².